The topological polar surface area (TPSA) is 43.4 Å². The number of halogens is 4. The van der Waals surface area contributed by atoms with Crippen molar-refractivity contribution >= 4 is 47.3 Å². The molecule has 2 rings (SSSR count). The summed E-state index contributed by atoms with van der Waals surface area (Å²) >= 11 is 9.10. The van der Waals surface area contributed by atoms with Crippen LogP contribution in [0.1, 0.15) is 5.56 Å². The van der Waals surface area contributed by atoms with E-state index >= 15 is 0 Å². The van der Waals surface area contributed by atoms with Crippen molar-refractivity contribution in [2.45, 2.75) is 11.5 Å². The van der Waals surface area contributed by atoms with Gasteiger partial charge in [-0.2, -0.15) is 0 Å². The standard InChI is InChI=1S/C13H8BrCl2FO3S/c14-9-5-13(21(16,18)19)11(17)6-12(9)20-7-8-3-1-2-4-10(8)15/h1-6H,7H2. The summed E-state index contributed by atoms with van der Waals surface area (Å²) in [5, 5.41) is 0.522. The molecule has 0 spiro atoms. The smallest absolute Gasteiger partial charge is 0.264 e. The molecule has 0 fully saturated rings. The molecule has 0 atom stereocenters. The van der Waals surface area contributed by atoms with E-state index in [2.05, 4.69) is 15.9 Å². The summed E-state index contributed by atoms with van der Waals surface area (Å²) in [4.78, 5) is -0.610. The minimum absolute atomic E-state index is 0.116. The maximum Gasteiger partial charge on any atom is 0.264 e. The van der Waals surface area contributed by atoms with Crippen molar-refractivity contribution in [1.82, 2.24) is 0 Å². The predicted molar refractivity (Wildman–Crippen MR) is 82.9 cm³/mol. The van der Waals surface area contributed by atoms with Gasteiger partial charge in [0, 0.05) is 27.3 Å². The quantitative estimate of drug-likeness (QED) is 0.679. The largest absolute Gasteiger partial charge is 0.488 e. The lowest BCUT2D eigenvalue weighted by molar-refractivity contribution is 0.302. The van der Waals surface area contributed by atoms with Gasteiger partial charge in [-0.1, -0.05) is 29.8 Å². The molecule has 21 heavy (non-hydrogen) atoms. The Labute approximate surface area is 139 Å². The Kier molecular flexibility index (Phi) is 5.14. The summed E-state index contributed by atoms with van der Waals surface area (Å²) in [5.41, 5.74) is 0.723. The van der Waals surface area contributed by atoms with Crippen LogP contribution < -0.4 is 4.74 Å². The molecule has 0 bridgehead atoms. The van der Waals surface area contributed by atoms with Crippen molar-refractivity contribution in [2.75, 3.05) is 0 Å². The van der Waals surface area contributed by atoms with E-state index in [-0.39, 0.29) is 16.8 Å². The SMILES string of the molecule is O=S(=O)(Cl)c1cc(Br)c(OCc2ccccc2Cl)cc1F. The summed E-state index contributed by atoms with van der Waals surface area (Å²) < 4.78 is 41.8. The zero-order valence-corrected chi connectivity index (χ0v) is 14.2. The van der Waals surface area contributed by atoms with Crippen LogP contribution in [0.2, 0.25) is 5.02 Å². The molecule has 0 aromatic heterocycles. The van der Waals surface area contributed by atoms with E-state index in [0.717, 1.165) is 17.7 Å². The van der Waals surface area contributed by atoms with Gasteiger partial charge in [0.25, 0.3) is 9.05 Å². The second-order valence-electron chi connectivity index (χ2n) is 4.03. The molecule has 0 amide bonds. The van der Waals surface area contributed by atoms with Crippen LogP contribution in [0.4, 0.5) is 4.39 Å². The summed E-state index contributed by atoms with van der Waals surface area (Å²) in [6, 6.07) is 9.06. The van der Waals surface area contributed by atoms with Gasteiger partial charge in [-0.25, -0.2) is 12.8 Å². The molecule has 0 aliphatic carbocycles. The molecule has 2 aromatic carbocycles. The summed E-state index contributed by atoms with van der Waals surface area (Å²) in [7, 11) is 0.979. The predicted octanol–water partition coefficient (Wildman–Crippen LogP) is 4.75. The van der Waals surface area contributed by atoms with Gasteiger partial charge in [-0.3, -0.25) is 0 Å². The fourth-order valence-electron chi connectivity index (χ4n) is 1.58. The van der Waals surface area contributed by atoms with Gasteiger partial charge in [-0.05, 0) is 28.1 Å². The van der Waals surface area contributed by atoms with E-state index < -0.39 is 19.8 Å². The molecule has 0 aliphatic heterocycles. The van der Waals surface area contributed by atoms with Crippen molar-refractivity contribution in [1.29, 1.82) is 0 Å². The van der Waals surface area contributed by atoms with Crippen LogP contribution in [-0.2, 0) is 15.7 Å². The molecule has 8 heteroatoms. The highest BCUT2D eigenvalue weighted by molar-refractivity contribution is 9.10. The second kappa shape index (κ2) is 6.52. The monoisotopic (exact) mass is 412 g/mol. The highest BCUT2D eigenvalue weighted by Gasteiger charge is 2.19. The Bertz CT molecular complexity index is 781. The molecule has 0 N–H and O–H groups in total. The Balaban J connectivity index is 2.26. The van der Waals surface area contributed by atoms with Gasteiger partial charge in [0.15, 0.2) is 0 Å². The fraction of sp³-hybridized carbons (Fsp3) is 0.0769. The minimum atomic E-state index is -4.16. The normalized spacial score (nSPS) is 11.4. The molecule has 0 aliphatic rings. The zero-order valence-electron chi connectivity index (χ0n) is 10.3. The Morgan fingerprint density at radius 2 is 1.90 bits per heavy atom. The summed E-state index contributed by atoms with van der Waals surface area (Å²) in [6.45, 7) is 0.116. The maximum absolute atomic E-state index is 13.7. The lowest BCUT2D eigenvalue weighted by Gasteiger charge is -2.10. The first-order chi connectivity index (χ1) is 9.79. The Morgan fingerprint density at radius 1 is 1.24 bits per heavy atom. The highest BCUT2D eigenvalue weighted by Crippen LogP contribution is 2.32. The van der Waals surface area contributed by atoms with E-state index in [9.17, 15) is 12.8 Å². The zero-order chi connectivity index (χ0) is 15.6. The third kappa shape index (κ3) is 4.10. The van der Waals surface area contributed by atoms with Crippen LogP contribution in [0.3, 0.4) is 0 Å². The average molecular weight is 414 g/mol. The van der Waals surface area contributed by atoms with Crippen LogP contribution in [0.25, 0.3) is 0 Å². The van der Waals surface area contributed by atoms with E-state index in [1.807, 2.05) is 0 Å². The van der Waals surface area contributed by atoms with Crippen molar-refractivity contribution in [3.8, 4) is 5.75 Å². The average Bonchev–Trinajstić information content (AvgIpc) is 2.39. The first kappa shape index (κ1) is 16.5. The van der Waals surface area contributed by atoms with Gasteiger partial charge >= 0.3 is 0 Å². The maximum atomic E-state index is 13.7. The van der Waals surface area contributed by atoms with Crippen LogP contribution in [0.15, 0.2) is 45.8 Å². The van der Waals surface area contributed by atoms with Gasteiger partial charge < -0.3 is 4.74 Å². The third-order valence-electron chi connectivity index (χ3n) is 2.59. The van der Waals surface area contributed by atoms with Gasteiger partial charge in [0.1, 0.15) is 23.1 Å². The highest BCUT2D eigenvalue weighted by atomic mass is 79.9. The molecule has 0 radical (unpaired) electrons. The number of rotatable bonds is 4. The molecular weight excluding hydrogens is 406 g/mol. The fourth-order valence-corrected chi connectivity index (χ4v) is 3.28. The van der Waals surface area contributed by atoms with Crippen LogP contribution in [0.5, 0.6) is 5.75 Å². The molecule has 0 saturated heterocycles. The van der Waals surface area contributed by atoms with Gasteiger partial charge in [0.05, 0.1) is 4.47 Å². The molecular formula is C13H8BrCl2FO3S. The summed E-state index contributed by atoms with van der Waals surface area (Å²) in [5.74, 6) is -0.834. The second-order valence-corrected chi connectivity index (χ2v) is 7.83. The van der Waals surface area contributed by atoms with E-state index in [1.54, 1.807) is 24.3 Å². The van der Waals surface area contributed by atoms with Crippen molar-refractivity contribution in [3.63, 3.8) is 0 Å². The van der Waals surface area contributed by atoms with Gasteiger partial charge in [-0.15, -0.1) is 0 Å². The number of hydrogen-bond acceptors (Lipinski definition) is 3. The first-order valence-corrected chi connectivity index (χ1v) is 9.07. The van der Waals surface area contributed by atoms with E-state index in [0.29, 0.717) is 5.02 Å². The molecule has 0 heterocycles. The minimum Gasteiger partial charge on any atom is -0.488 e. The third-order valence-corrected chi connectivity index (χ3v) is 4.92. The van der Waals surface area contributed by atoms with Crippen LogP contribution in [-0.4, -0.2) is 8.42 Å². The number of ether oxygens (including phenoxy) is 1. The van der Waals surface area contributed by atoms with Crippen molar-refractivity contribution in [2.24, 2.45) is 0 Å². The van der Waals surface area contributed by atoms with E-state index in [4.69, 9.17) is 27.0 Å². The lowest BCUT2D eigenvalue weighted by Crippen LogP contribution is -2.00. The number of hydrogen-bond donors (Lipinski definition) is 0. The van der Waals surface area contributed by atoms with Crippen LogP contribution in [0, 0.1) is 5.82 Å². The lowest BCUT2D eigenvalue weighted by atomic mass is 10.2. The van der Waals surface area contributed by atoms with E-state index in [1.165, 1.54) is 0 Å². The molecule has 0 unspecified atom stereocenters. The molecule has 0 saturated carbocycles. The molecule has 2 aromatic rings. The van der Waals surface area contributed by atoms with Crippen molar-refractivity contribution in [3.05, 3.63) is 57.3 Å². The van der Waals surface area contributed by atoms with Gasteiger partial charge in [0.2, 0.25) is 0 Å². The van der Waals surface area contributed by atoms with Crippen molar-refractivity contribution < 1.29 is 17.5 Å². The molecule has 112 valence electrons. The van der Waals surface area contributed by atoms with Crippen LogP contribution >= 0.6 is 38.2 Å². The number of benzene rings is 2. The first-order valence-electron chi connectivity index (χ1n) is 5.59. The Hall–Kier alpha value is -0.820. The summed E-state index contributed by atoms with van der Waals surface area (Å²) in [6.07, 6.45) is 0. The molecule has 3 nitrogen and oxygen atoms in total. The Morgan fingerprint density at radius 3 is 2.52 bits per heavy atom.